The largest absolute Gasteiger partial charge is 0.755 e. The van der Waals surface area contributed by atoms with Crippen molar-refractivity contribution in [3.63, 3.8) is 0 Å². The molecule has 0 saturated carbocycles. The fourth-order valence-corrected chi connectivity index (χ4v) is 2.49. The third-order valence-electron chi connectivity index (χ3n) is 3.79. The van der Waals surface area contributed by atoms with Gasteiger partial charge in [0.05, 0.1) is 0 Å². The van der Waals surface area contributed by atoms with E-state index in [0.717, 1.165) is 40.9 Å². The standard InChI is InChI=1S/C9H10N4.C8H11N3.8V.6Y/c1-3-6-5(2)11-4-7-8(6)13-9(10)12-7;1-3-6-5(2)11-4-7(9)8(6)10;;;;;;;;;;;;;;/h3H2,1-2H3,(H2-,10,12,13);3,9H2,1-2H3,(H-,10,11);;;;;;;;;;;;;;/q2*-2;;;;;;;;;;;;;;. The monoisotopic (exact) mass is 1260 g/mol. The normalized spacial score (nSPS) is 6.63. The molecule has 5 N–H and O–H groups in total. The topological polar surface area (TPSA) is 129 Å². The van der Waals surface area contributed by atoms with Crippen LogP contribution in [0.5, 0.6) is 0 Å². The van der Waals surface area contributed by atoms with Crippen molar-refractivity contribution in [2.45, 2.75) is 40.5 Å². The molecule has 14 radical (unpaired) electrons. The Morgan fingerprint density at radius 3 is 1.42 bits per heavy atom. The minimum absolute atomic E-state index is 0. The summed E-state index contributed by atoms with van der Waals surface area (Å²) in [6, 6.07) is 0. The summed E-state index contributed by atoms with van der Waals surface area (Å²) in [7, 11) is 0. The van der Waals surface area contributed by atoms with Gasteiger partial charge in [-0.15, -0.1) is 11.1 Å². The summed E-state index contributed by atoms with van der Waals surface area (Å²) in [6.45, 7) is 7.86. The Labute approximate surface area is 474 Å². The van der Waals surface area contributed by atoms with Crippen LogP contribution in [-0.4, -0.2) is 15.0 Å². The van der Waals surface area contributed by atoms with Crippen molar-refractivity contribution in [3.05, 3.63) is 40.6 Å². The molecule has 0 saturated heterocycles. The Bertz CT molecular complexity index is 902. The summed E-state index contributed by atoms with van der Waals surface area (Å²) in [5.41, 5.74) is 24.5. The molecule has 0 bridgehead atoms. The molecular weight excluding hydrogens is 1240 g/mol. The molecule has 3 aromatic heterocycles. The Kier molecular flexibility index (Phi) is 107. The predicted molar refractivity (Wildman–Crippen MR) is 95.8 cm³/mol. The van der Waals surface area contributed by atoms with Gasteiger partial charge in [0.25, 0.3) is 0 Å². The molecule has 0 spiro atoms. The number of rotatable bonds is 2. The number of pyridine rings is 2. The van der Waals surface area contributed by atoms with Gasteiger partial charge in [0.2, 0.25) is 0 Å². The van der Waals surface area contributed by atoms with Crippen molar-refractivity contribution in [1.82, 2.24) is 19.9 Å². The zero-order valence-electron chi connectivity index (χ0n) is 21.4. The molecule has 3 heterocycles. The van der Waals surface area contributed by atoms with Gasteiger partial charge in [0.1, 0.15) is 0 Å². The second-order valence-corrected chi connectivity index (χ2v) is 5.35. The second kappa shape index (κ2) is 47.6. The fraction of sp³-hybridized carbons (Fsp3) is 0.353. The molecule has 0 unspecified atom stereocenters. The van der Waals surface area contributed by atoms with Crippen molar-refractivity contribution in [3.8, 4) is 0 Å². The Morgan fingerprint density at radius 2 is 1.05 bits per heavy atom. The van der Waals surface area contributed by atoms with Crippen LogP contribution in [-0.2, 0) is 358 Å². The number of hydrogen-bond donors (Lipinski definition) is 2. The van der Waals surface area contributed by atoms with Crippen LogP contribution in [0.4, 0.5) is 17.3 Å². The number of nitrogen functional groups attached to an aromatic ring is 2. The molecule has 186 valence electrons. The third kappa shape index (κ3) is 28.3. The summed E-state index contributed by atoms with van der Waals surface area (Å²) in [5.74, 6) is 0.299. The maximum Gasteiger partial charge on any atom is 0 e. The number of nitrogens with zero attached hydrogens (tertiary/aromatic N) is 4. The molecule has 0 fully saturated rings. The average molecular weight is 1260 g/mol. The molecule has 0 aromatic carbocycles. The van der Waals surface area contributed by atoms with E-state index >= 15 is 0 Å². The number of nitrogens with one attached hydrogen (secondary N) is 1. The minimum atomic E-state index is 0. The first-order valence-electron chi connectivity index (χ1n) is 7.74. The second-order valence-electron chi connectivity index (χ2n) is 5.35. The molecule has 0 atom stereocenters. The van der Waals surface area contributed by atoms with E-state index in [9.17, 15) is 0 Å². The molecule has 0 aliphatic rings. The van der Waals surface area contributed by atoms with Gasteiger partial charge in [-0.05, 0) is 5.95 Å². The van der Waals surface area contributed by atoms with Gasteiger partial charge in [-0.1, -0.05) is 75.5 Å². The minimum Gasteiger partial charge on any atom is -0.755 e. The van der Waals surface area contributed by atoms with Crippen LogP contribution in [0.3, 0.4) is 0 Å². The molecular formula is C17H21N7V8Y6-4. The number of fused-ring (bicyclic) bond motifs is 1. The quantitative estimate of drug-likeness (QED) is 0.381. The predicted octanol–water partition coefficient (Wildman–Crippen LogP) is 2.82. The molecule has 0 aliphatic carbocycles. The van der Waals surface area contributed by atoms with Crippen LogP contribution in [0.2, 0.25) is 0 Å². The Balaban J connectivity index is -0.0000000220. The van der Waals surface area contributed by atoms with E-state index in [-0.39, 0.29) is 345 Å². The maximum absolute atomic E-state index is 7.54. The Hall–Kier alpha value is 8.47. The SMILES string of the molecule is CCc1c(C)n[c-]c(N)c1[NH-].CCc1c(C)n[c-]c2nc(N)[n-]c12.[V].[V].[V].[V].[V].[V].[V].[V].[Y].[Y].[Y].[Y].[Y].[Y]. The van der Waals surface area contributed by atoms with E-state index in [4.69, 9.17) is 17.2 Å². The number of aryl methyl sites for hydroxylation is 3. The van der Waals surface area contributed by atoms with E-state index in [1.807, 2.05) is 20.8 Å². The van der Waals surface area contributed by atoms with Crippen molar-refractivity contribution >= 4 is 28.4 Å². The first-order valence-corrected chi connectivity index (χ1v) is 7.74. The van der Waals surface area contributed by atoms with Crippen LogP contribution in [0.1, 0.15) is 36.4 Å². The van der Waals surface area contributed by atoms with Crippen LogP contribution < -0.4 is 16.5 Å². The van der Waals surface area contributed by atoms with Crippen molar-refractivity contribution in [2.24, 2.45) is 0 Å². The number of aromatic nitrogens is 4. The van der Waals surface area contributed by atoms with Gasteiger partial charge in [-0.3, -0.25) is 0 Å². The number of imidazole rings is 1. The molecule has 0 aliphatic heterocycles. The summed E-state index contributed by atoms with van der Waals surface area (Å²) < 4.78 is 0. The number of anilines is 2. The van der Waals surface area contributed by atoms with Crippen molar-refractivity contribution in [2.75, 3.05) is 11.5 Å². The summed E-state index contributed by atoms with van der Waals surface area (Å²) >= 11 is 0. The molecule has 7 nitrogen and oxygen atoms in total. The maximum atomic E-state index is 7.54. The van der Waals surface area contributed by atoms with Crippen LogP contribution in [0.15, 0.2) is 0 Å². The van der Waals surface area contributed by atoms with E-state index in [2.05, 4.69) is 39.3 Å². The summed E-state index contributed by atoms with van der Waals surface area (Å²) in [5, 5.41) is 0. The van der Waals surface area contributed by atoms with E-state index in [1.54, 1.807) is 0 Å². The number of hydrogen-bond acceptors (Lipinski definition) is 5. The van der Waals surface area contributed by atoms with Gasteiger partial charge in [0, 0.05) is 345 Å². The third-order valence-corrected chi connectivity index (χ3v) is 3.79. The summed E-state index contributed by atoms with van der Waals surface area (Å²) in [4.78, 5) is 16.2. The van der Waals surface area contributed by atoms with Gasteiger partial charge in [-0.25, -0.2) is 5.69 Å². The fourth-order valence-electron chi connectivity index (χ4n) is 2.49. The Morgan fingerprint density at radius 1 is 0.684 bits per heavy atom. The average Bonchev–Trinajstić information content (AvgIpc) is 2.93. The zero-order chi connectivity index (χ0) is 17.9. The first kappa shape index (κ1) is 85.8. The van der Waals surface area contributed by atoms with Crippen LogP contribution in [0.25, 0.3) is 16.8 Å². The molecule has 3 rings (SSSR count). The first-order chi connectivity index (χ1) is 11.4. The van der Waals surface area contributed by atoms with Gasteiger partial charge < -0.3 is 37.1 Å². The van der Waals surface area contributed by atoms with Gasteiger partial charge >= 0.3 is 0 Å². The van der Waals surface area contributed by atoms with E-state index in [0.29, 0.717) is 22.8 Å². The molecule has 3 aromatic rings. The number of nitrogens with two attached hydrogens (primary N) is 2. The molecule has 21 heteroatoms. The van der Waals surface area contributed by atoms with E-state index in [1.165, 1.54) is 0 Å². The van der Waals surface area contributed by atoms with E-state index < -0.39 is 0 Å². The van der Waals surface area contributed by atoms with Crippen molar-refractivity contribution in [1.29, 1.82) is 0 Å². The molecule has 0 amide bonds. The van der Waals surface area contributed by atoms with Crippen LogP contribution >= 0.6 is 0 Å². The summed E-state index contributed by atoms with van der Waals surface area (Å²) in [6.07, 6.45) is 7.09. The zero-order valence-corrected chi connectivity index (χ0v) is 49.6. The van der Waals surface area contributed by atoms with Crippen molar-refractivity contribution < 1.29 is 345 Å². The molecule has 38 heavy (non-hydrogen) atoms. The van der Waals surface area contributed by atoms with Gasteiger partial charge in [0.15, 0.2) is 0 Å². The smallest absolute Gasteiger partial charge is 0 e. The van der Waals surface area contributed by atoms with Crippen LogP contribution in [0, 0.1) is 26.2 Å². The van der Waals surface area contributed by atoms with Gasteiger partial charge in [-0.2, -0.15) is 5.56 Å².